The number of aliphatic hydroxyl groups is 1. The van der Waals surface area contributed by atoms with Gasteiger partial charge in [0.1, 0.15) is 5.60 Å². The highest BCUT2D eigenvalue weighted by molar-refractivity contribution is 5.85. The minimum atomic E-state index is -0.464. The molecular formula is C18H34ClN3O3. The van der Waals surface area contributed by atoms with E-state index in [4.69, 9.17) is 15.1 Å². The number of hydrogen-bond donors (Lipinski definition) is 2. The summed E-state index contributed by atoms with van der Waals surface area (Å²) in [7, 11) is 0. The number of piperidine rings is 2. The van der Waals surface area contributed by atoms with Gasteiger partial charge in [-0.15, -0.1) is 12.4 Å². The smallest absolute Gasteiger partial charge is 0.410 e. The van der Waals surface area contributed by atoms with Gasteiger partial charge in [0.15, 0.2) is 0 Å². The third-order valence-corrected chi connectivity index (χ3v) is 4.22. The van der Waals surface area contributed by atoms with Gasteiger partial charge in [0.05, 0.1) is 25.1 Å². The van der Waals surface area contributed by atoms with Crippen molar-refractivity contribution in [3.63, 3.8) is 0 Å². The van der Waals surface area contributed by atoms with Crippen LogP contribution in [0.2, 0.25) is 0 Å². The van der Waals surface area contributed by atoms with E-state index in [1.165, 1.54) is 19.3 Å². The van der Waals surface area contributed by atoms with Crippen molar-refractivity contribution in [3.8, 4) is 6.07 Å². The second kappa shape index (κ2) is 12.3. The molecule has 146 valence electrons. The molecule has 0 spiro atoms. The second-order valence-corrected chi connectivity index (χ2v) is 7.51. The van der Waals surface area contributed by atoms with Gasteiger partial charge >= 0.3 is 6.09 Å². The molecule has 0 aromatic carbocycles. The van der Waals surface area contributed by atoms with Crippen LogP contribution in [0, 0.1) is 11.3 Å². The van der Waals surface area contributed by atoms with E-state index in [1.54, 1.807) is 4.90 Å². The van der Waals surface area contributed by atoms with Crippen LogP contribution in [0.5, 0.6) is 0 Å². The Kier molecular flexibility index (Phi) is 11.8. The number of ether oxygens (including phenoxy) is 1. The summed E-state index contributed by atoms with van der Waals surface area (Å²) in [6.45, 7) is 7.38. The Balaban J connectivity index is 0.000000495. The summed E-state index contributed by atoms with van der Waals surface area (Å²) in [5.41, 5.74) is -0.464. The Hall–Kier alpha value is -1.03. The number of halogens is 1. The summed E-state index contributed by atoms with van der Waals surface area (Å²) in [4.78, 5) is 13.4. The Morgan fingerprint density at radius 1 is 1.28 bits per heavy atom. The van der Waals surface area contributed by atoms with Crippen molar-refractivity contribution in [1.82, 2.24) is 10.2 Å². The zero-order chi connectivity index (χ0) is 18.0. The first-order chi connectivity index (χ1) is 11.4. The number of carbonyl (C=O) groups is 1. The maximum absolute atomic E-state index is 11.8. The molecule has 2 saturated heterocycles. The van der Waals surface area contributed by atoms with Crippen molar-refractivity contribution >= 4 is 18.5 Å². The molecule has 1 amide bonds. The molecule has 2 atom stereocenters. The number of nitrogens with zero attached hydrogens (tertiary/aromatic N) is 2. The first-order valence-electron chi connectivity index (χ1n) is 9.08. The van der Waals surface area contributed by atoms with Crippen LogP contribution in [0.3, 0.4) is 0 Å². The Morgan fingerprint density at radius 3 is 2.48 bits per heavy atom. The van der Waals surface area contributed by atoms with Gasteiger partial charge in [-0.25, -0.2) is 4.79 Å². The number of carbonyl (C=O) groups excluding carboxylic acids is 1. The van der Waals surface area contributed by atoms with Gasteiger partial charge < -0.3 is 20.1 Å². The van der Waals surface area contributed by atoms with E-state index >= 15 is 0 Å². The fraction of sp³-hybridized carbons (Fsp3) is 0.889. The molecule has 0 bridgehead atoms. The topological polar surface area (TPSA) is 85.6 Å². The van der Waals surface area contributed by atoms with Crippen LogP contribution in [-0.2, 0) is 4.74 Å². The highest BCUT2D eigenvalue weighted by atomic mass is 35.5. The number of amides is 1. The summed E-state index contributed by atoms with van der Waals surface area (Å²) in [5, 5.41) is 20.8. The average molecular weight is 376 g/mol. The van der Waals surface area contributed by atoms with E-state index in [0.29, 0.717) is 19.0 Å². The minimum absolute atomic E-state index is 0. The van der Waals surface area contributed by atoms with Gasteiger partial charge in [-0.2, -0.15) is 5.26 Å². The third-order valence-electron chi connectivity index (χ3n) is 4.22. The van der Waals surface area contributed by atoms with Crippen LogP contribution in [0.25, 0.3) is 0 Å². The normalized spacial score (nSPS) is 23.4. The number of nitrogens with one attached hydrogen (secondary N) is 1. The molecule has 0 aromatic rings. The van der Waals surface area contributed by atoms with E-state index in [-0.39, 0.29) is 31.1 Å². The number of rotatable bonds is 2. The molecule has 2 aliphatic rings. The molecule has 0 aliphatic carbocycles. The quantitative estimate of drug-likeness (QED) is 0.773. The lowest BCUT2D eigenvalue weighted by atomic mass is 10.0. The number of likely N-dealkylation sites (tertiary alicyclic amines) is 1. The predicted molar refractivity (Wildman–Crippen MR) is 101 cm³/mol. The van der Waals surface area contributed by atoms with Crippen molar-refractivity contribution in [2.24, 2.45) is 0 Å². The zero-order valence-electron chi connectivity index (χ0n) is 15.8. The highest BCUT2D eigenvalue weighted by Gasteiger charge is 2.29. The Labute approximate surface area is 158 Å². The molecule has 0 radical (unpaired) electrons. The van der Waals surface area contributed by atoms with Crippen LogP contribution in [-0.4, -0.2) is 53.5 Å². The predicted octanol–water partition coefficient (Wildman–Crippen LogP) is 3.23. The minimum Gasteiger partial charge on any atom is -0.444 e. The van der Waals surface area contributed by atoms with Crippen molar-refractivity contribution in [3.05, 3.63) is 0 Å². The maximum Gasteiger partial charge on any atom is 0.410 e. The molecule has 2 aliphatic heterocycles. The molecule has 2 unspecified atom stereocenters. The second-order valence-electron chi connectivity index (χ2n) is 7.51. The van der Waals surface area contributed by atoms with Gasteiger partial charge in [-0.3, -0.25) is 0 Å². The number of hydrogen-bond acceptors (Lipinski definition) is 5. The van der Waals surface area contributed by atoms with Gasteiger partial charge in [0, 0.05) is 12.6 Å². The monoisotopic (exact) mass is 375 g/mol. The summed E-state index contributed by atoms with van der Waals surface area (Å²) < 4.78 is 5.29. The molecule has 0 saturated carbocycles. The van der Waals surface area contributed by atoms with Gasteiger partial charge in [0.2, 0.25) is 0 Å². The highest BCUT2D eigenvalue weighted by Crippen LogP contribution is 2.19. The van der Waals surface area contributed by atoms with Gasteiger partial charge in [-0.1, -0.05) is 6.42 Å². The summed E-state index contributed by atoms with van der Waals surface area (Å²) in [6.07, 6.45) is 7.08. The van der Waals surface area contributed by atoms with Crippen molar-refractivity contribution in [1.29, 1.82) is 5.26 Å². The summed E-state index contributed by atoms with van der Waals surface area (Å²) >= 11 is 0. The van der Waals surface area contributed by atoms with Crippen LogP contribution >= 0.6 is 12.4 Å². The Morgan fingerprint density at radius 2 is 1.96 bits per heavy atom. The molecule has 7 heteroatoms. The lowest BCUT2D eigenvalue weighted by Crippen LogP contribution is -2.47. The first-order valence-corrected chi connectivity index (χ1v) is 9.08. The van der Waals surface area contributed by atoms with E-state index in [9.17, 15) is 4.79 Å². The van der Waals surface area contributed by atoms with Crippen LogP contribution in [0.1, 0.15) is 65.7 Å². The lowest BCUT2D eigenvalue weighted by Gasteiger charge is -2.35. The molecule has 2 rings (SSSR count). The van der Waals surface area contributed by atoms with Gasteiger partial charge in [0.25, 0.3) is 0 Å². The molecular weight excluding hydrogens is 342 g/mol. The molecule has 25 heavy (non-hydrogen) atoms. The molecule has 0 aromatic heterocycles. The van der Waals surface area contributed by atoms with Crippen LogP contribution < -0.4 is 5.32 Å². The van der Waals surface area contributed by atoms with Crippen molar-refractivity contribution in [2.45, 2.75) is 83.4 Å². The van der Waals surface area contributed by atoms with E-state index < -0.39 is 5.60 Å². The molecule has 2 heterocycles. The largest absolute Gasteiger partial charge is 0.444 e. The fourth-order valence-electron chi connectivity index (χ4n) is 2.96. The standard InChI is InChI=1S/C11H21NO3.C7H12N2.ClH/c1-11(2,3)15-10(14)12-7-5-4-6-9(12)8-13;8-5-4-7-3-1-2-6-9-7;/h9,13H,4-8H2,1-3H3;7,9H,1-4,6H2;1H. The number of nitriles is 1. The number of aliphatic hydroxyl groups excluding tert-OH is 1. The summed E-state index contributed by atoms with van der Waals surface area (Å²) in [5.74, 6) is 0. The SMILES string of the molecule is CC(C)(C)OC(=O)N1CCCCC1CO.Cl.N#CCC1CCCCN1. The molecule has 2 N–H and O–H groups in total. The molecule has 2 fully saturated rings. The zero-order valence-corrected chi connectivity index (χ0v) is 16.6. The molecule has 6 nitrogen and oxygen atoms in total. The van der Waals surface area contributed by atoms with Crippen molar-refractivity contribution < 1.29 is 14.6 Å². The van der Waals surface area contributed by atoms with Crippen LogP contribution in [0.4, 0.5) is 4.79 Å². The van der Waals surface area contributed by atoms with E-state index in [2.05, 4.69) is 11.4 Å². The lowest BCUT2D eigenvalue weighted by molar-refractivity contribution is 0.00182. The summed E-state index contributed by atoms with van der Waals surface area (Å²) in [6, 6.07) is 2.60. The van der Waals surface area contributed by atoms with Crippen molar-refractivity contribution in [2.75, 3.05) is 19.7 Å². The van der Waals surface area contributed by atoms with E-state index in [1.807, 2.05) is 20.8 Å². The third kappa shape index (κ3) is 9.88. The fourth-order valence-corrected chi connectivity index (χ4v) is 2.96. The van der Waals surface area contributed by atoms with Crippen LogP contribution in [0.15, 0.2) is 0 Å². The van der Waals surface area contributed by atoms with Gasteiger partial charge in [-0.05, 0) is 59.4 Å². The average Bonchev–Trinajstić information content (AvgIpc) is 2.55. The Bertz CT molecular complexity index is 415. The first kappa shape index (κ1) is 24.0. The van der Waals surface area contributed by atoms with E-state index in [0.717, 1.165) is 25.8 Å². The maximum atomic E-state index is 11.8.